The van der Waals surface area contributed by atoms with Crippen LogP contribution in [0.2, 0.25) is 0 Å². The Bertz CT molecular complexity index is 437. The largest absolute Gasteiger partial charge is 0.377 e. The third-order valence-electron chi connectivity index (χ3n) is 1.78. The molecule has 0 aromatic carbocycles. The number of nitrogens with two attached hydrogens (primary N) is 1. The van der Waals surface area contributed by atoms with Crippen molar-refractivity contribution in [3.8, 4) is 0 Å². The SMILES string of the molecule is COCc1nnc(S(N)(=O)=O)n1C(C)C. The van der Waals surface area contributed by atoms with Crippen LogP contribution in [0.15, 0.2) is 5.16 Å². The lowest BCUT2D eigenvalue weighted by Crippen LogP contribution is -2.20. The lowest BCUT2D eigenvalue weighted by Gasteiger charge is -2.11. The van der Waals surface area contributed by atoms with E-state index >= 15 is 0 Å². The van der Waals surface area contributed by atoms with Gasteiger partial charge in [0.2, 0.25) is 0 Å². The lowest BCUT2D eigenvalue weighted by atomic mass is 10.4. The van der Waals surface area contributed by atoms with Gasteiger partial charge in [0, 0.05) is 13.2 Å². The number of primary sulfonamides is 1. The third-order valence-corrected chi connectivity index (χ3v) is 2.57. The Labute approximate surface area is 88.3 Å². The van der Waals surface area contributed by atoms with Crippen molar-refractivity contribution in [1.82, 2.24) is 14.8 Å². The first-order valence-corrected chi connectivity index (χ1v) is 5.88. The summed E-state index contributed by atoms with van der Waals surface area (Å²) in [5, 5.41) is 12.1. The molecule has 0 bridgehead atoms. The van der Waals surface area contributed by atoms with Crippen molar-refractivity contribution < 1.29 is 13.2 Å². The second-order valence-electron chi connectivity index (χ2n) is 3.34. The number of hydrogen-bond acceptors (Lipinski definition) is 5. The van der Waals surface area contributed by atoms with Crippen LogP contribution in [-0.2, 0) is 21.4 Å². The highest BCUT2D eigenvalue weighted by Gasteiger charge is 2.22. The fraction of sp³-hybridized carbons (Fsp3) is 0.714. The summed E-state index contributed by atoms with van der Waals surface area (Å²) in [5.74, 6) is 0.441. The summed E-state index contributed by atoms with van der Waals surface area (Å²) in [5.41, 5.74) is 0. The number of aromatic nitrogens is 3. The van der Waals surface area contributed by atoms with Crippen LogP contribution in [-0.4, -0.2) is 30.3 Å². The van der Waals surface area contributed by atoms with Crippen molar-refractivity contribution in [3.63, 3.8) is 0 Å². The minimum Gasteiger partial charge on any atom is -0.377 e. The van der Waals surface area contributed by atoms with Gasteiger partial charge in [-0.15, -0.1) is 10.2 Å². The van der Waals surface area contributed by atoms with Gasteiger partial charge in [-0.2, -0.15) is 0 Å². The fourth-order valence-corrected chi connectivity index (χ4v) is 1.99. The molecule has 0 spiro atoms. The van der Waals surface area contributed by atoms with Gasteiger partial charge in [0.05, 0.1) is 0 Å². The zero-order valence-corrected chi connectivity index (χ0v) is 9.65. The lowest BCUT2D eigenvalue weighted by molar-refractivity contribution is 0.172. The van der Waals surface area contributed by atoms with Crippen LogP contribution in [0.25, 0.3) is 0 Å². The van der Waals surface area contributed by atoms with E-state index < -0.39 is 10.0 Å². The molecule has 1 rings (SSSR count). The number of rotatable bonds is 4. The molecule has 0 amide bonds. The smallest absolute Gasteiger partial charge is 0.273 e. The van der Waals surface area contributed by atoms with Crippen molar-refractivity contribution in [2.24, 2.45) is 5.14 Å². The topological polar surface area (TPSA) is 100 Å². The molecule has 1 aromatic heterocycles. The monoisotopic (exact) mass is 234 g/mol. The van der Waals surface area contributed by atoms with Crippen LogP contribution in [0.3, 0.4) is 0 Å². The zero-order valence-electron chi connectivity index (χ0n) is 8.84. The maximum atomic E-state index is 11.2. The van der Waals surface area contributed by atoms with Gasteiger partial charge in [-0.3, -0.25) is 4.57 Å². The minimum atomic E-state index is -3.84. The standard InChI is InChI=1S/C7H14N4O3S/c1-5(2)11-6(4-14-3)9-10-7(11)15(8,12)13/h5H,4H2,1-3H3,(H2,8,12,13). The predicted molar refractivity (Wildman–Crippen MR) is 52.5 cm³/mol. The maximum absolute atomic E-state index is 11.2. The molecule has 0 unspecified atom stereocenters. The van der Waals surface area contributed by atoms with E-state index in [4.69, 9.17) is 9.88 Å². The normalized spacial score (nSPS) is 12.3. The molecule has 86 valence electrons. The van der Waals surface area contributed by atoms with E-state index in [1.807, 2.05) is 13.8 Å². The summed E-state index contributed by atoms with van der Waals surface area (Å²) in [6, 6.07) is -0.0986. The van der Waals surface area contributed by atoms with Gasteiger partial charge in [-0.25, -0.2) is 13.6 Å². The fourth-order valence-electron chi connectivity index (χ4n) is 1.25. The molecular weight excluding hydrogens is 220 g/mol. The van der Waals surface area contributed by atoms with Gasteiger partial charge in [0.1, 0.15) is 6.61 Å². The number of methoxy groups -OCH3 is 1. The maximum Gasteiger partial charge on any atom is 0.273 e. The van der Waals surface area contributed by atoms with E-state index in [9.17, 15) is 8.42 Å². The van der Waals surface area contributed by atoms with Crippen LogP contribution in [0.4, 0.5) is 0 Å². The van der Waals surface area contributed by atoms with Gasteiger partial charge >= 0.3 is 0 Å². The van der Waals surface area contributed by atoms with Crippen molar-refractivity contribution in [2.75, 3.05) is 7.11 Å². The van der Waals surface area contributed by atoms with Crippen LogP contribution in [0.5, 0.6) is 0 Å². The molecule has 1 aromatic rings. The molecule has 0 atom stereocenters. The summed E-state index contributed by atoms with van der Waals surface area (Å²) in [6.45, 7) is 3.83. The summed E-state index contributed by atoms with van der Waals surface area (Å²) in [4.78, 5) is 0. The van der Waals surface area contributed by atoms with Crippen LogP contribution < -0.4 is 5.14 Å². The Kier molecular flexibility index (Phi) is 3.42. The molecule has 7 nitrogen and oxygen atoms in total. The van der Waals surface area contributed by atoms with Crippen molar-refractivity contribution in [1.29, 1.82) is 0 Å². The molecular formula is C7H14N4O3S. The molecule has 0 saturated carbocycles. The van der Waals surface area contributed by atoms with Gasteiger partial charge in [0.25, 0.3) is 15.2 Å². The van der Waals surface area contributed by atoms with Crippen molar-refractivity contribution in [2.45, 2.75) is 31.7 Å². The number of ether oxygens (including phenoxy) is 1. The molecule has 2 N–H and O–H groups in total. The summed E-state index contributed by atoms with van der Waals surface area (Å²) in [6.07, 6.45) is 0. The number of nitrogens with zero attached hydrogens (tertiary/aromatic N) is 3. The van der Waals surface area contributed by atoms with E-state index in [0.29, 0.717) is 5.82 Å². The van der Waals surface area contributed by atoms with Crippen LogP contribution in [0.1, 0.15) is 25.7 Å². The highest BCUT2D eigenvalue weighted by Crippen LogP contribution is 2.15. The molecule has 8 heteroatoms. The van der Waals surface area contributed by atoms with Crippen molar-refractivity contribution in [3.05, 3.63) is 5.82 Å². The summed E-state index contributed by atoms with van der Waals surface area (Å²) in [7, 11) is -2.35. The second kappa shape index (κ2) is 4.25. The van der Waals surface area contributed by atoms with Gasteiger partial charge < -0.3 is 4.74 Å². The zero-order chi connectivity index (χ0) is 11.6. The molecule has 0 saturated heterocycles. The van der Waals surface area contributed by atoms with Gasteiger partial charge in [0.15, 0.2) is 5.82 Å². The Morgan fingerprint density at radius 3 is 2.47 bits per heavy atom. The molecule has 15 heavy (non-hydrogen) atoms. The first-order valence-electron chi connectivity index (χ1n) is 4.33. The highest BCUT2D eigenvalue weighted by atomic mass is 32.2. The van der Waals surface area contributed by atoms with Crippen LogP contribution in [0, 0.1) is 0 Å². The molecule has 0 aliphatic carbocycles. The van der Waals surface area contributed by atoms with E-state index in [2.05, 4.69) is 10.2 Å². The number of sulfonamides is 1. The molecule has 0 aliphatic rings. The Balaban J connectivity index is 3.31. The molecule has 0 radical (unpaired) electrons. The average molecular weight is 234 g/mol. The summed E-state index contributed by atoms with van der Waals surface area (Å²) < 4.78 is 28.7. The van der Waals surface area contributed by atoms with Crippen molar-refractivity contribution >= 4 is 10.0 Å². The van der Waals surface area contributed by atoms with E-state index in [1.165, 1.54) is 11.7 Å². The Morgan fingerprint density at radius 2 is 2.07 bits per heavy atom. The van der Waals surface area contributed by atoms with Gasteiger partial charge in [-0.1, -0.05) is 0 Å². The van der Waals surface area contributed by atoms with E-state index in [-0.39, 0.29) is 17.8 Å². The van der Waals surface area contributed by atoms with E-state index in [1.54, 1.807) is 0 Å². The first kappa shape index (κ1) is 12.1. The quantitative estimate of drug-likeness (QED) is 0.767. The van der Waals surface area contributed by atoms with E-state index in [0.717, 1.165) is 0 Å². The van der Waals surface area contributed by atoms with Gasteiger partial charge in [-0.05, 0) is 13.8 Å². The minimum absolute atomic E-state index is 0.0986. The molecule has 0 fully saturated rings. The first-order chi connectivity index (χ1) is 6.88. The van der Waals surface area contributed by atoms with Crippen LogP contribution >= 0.6 is 0 Å². The number of hydrogen-bond donors (Lipinski definition) is 1. The highest BCUT2D eigenvalue weighted by molar-refractivity contribution is 7.89. The average Bonchev–Trinajstić information content (AvgIpc) is 2.47. The summed E-state index contributed by atoms with van der Waals surface area (Å²) >= 11 is 0. The Hall–Kier alpha value is -0.990. The Morgan fingerprint density at radius 1 is 1.47 bits per heavy atom. The third kappa shape index (κ3) is 2.52. The predicted octanol–water partition coefficient (Wildman–Crippen LogP) is -0.347. The molecule has 1 heterocycles. The molecule has 0 aliphatic heterocycles. The second-order valence-corrected chi connectivity index (χ2v) is 4.80.